The molecule has 0 atom stereocenters. The van der Waals surface area contributed by atoms with Crippen LogP contribution in [0.2, 0.25) is 0 Å². The third kappa shape index (κ3) is 6.54. The van der Waals surface area contributed by atoms with E-state index in [2.05, 4.69) is 10.5 Å². The lowest BCUT2D eigenvalue weighted by molar-refractivity contribution is -0.384. The van der Waals surface area contributed by atoms with E-state index in [0.717, 1.165) is 5.56 Å². The molecule has 0 saturated heterocycles. The minimum atomic E-state index is -0.447. The van der Waals surface area contributed by atoms with Gasteiger partial charge < -0.3 is 14.2 Å². The van der Waals surface area contributed by atoms with Crippen LogP contribution in [0.5, 0.6) is 17.2 Å². The third-order valence-electron chi connectivity index (χ3n) is 4.54. The van der Waals surface area contributed by atoms with Crippen molar-refractivity contribution >= 4 is 17.8 Å². The first-order valence-electron chi connectivity index (χ1n) is 10.1. The molecule has 1 N–H and O–H groups in total. The number of hydrogen-bond donors (Lipinski definition) is 1. The molecule has 3 aromatic rings. The van der Waals surface area contributed by atoms with Gasteiger partial charge in [-0.1, -0.05) is 0 Å². The van der Waals surface area contributed by atoms with Gasteiger partial charge in [0.1, 0.15) is 12.4 Å². The van der Waals surface area contributed by atoms with Gasteiger partial charge in [-0.25, -0.2) is 5.43 Å². The maximum Gasteiger partial charge on any atom is 0.271 e. The molecule has 170 valence electrons. The molecular weight excluding hydrogens is 426 g/mol. The monoisotopic (exact) mass is 449 g/mol. The first kappa shape index (κ1) is 23.3. The highest BCUT2D eigenvalue weighted by atomic mass is 16.6. The van der Waals surface area contributed by atoms with E-state index in [-0.39, 0.29) is 18.2 Å². The lowest BCUT2D eigenvalue weighted by Crippen LogP contribution is -2.17. The number of carbonyl (C=O) groups is 1. The summed E-state index contributed by atoms with van der Waals surface area (Å²) >= 11 is 0. The average molecular weight is 449 g/mol. The highest BCUT2D eigenvalue weighted by Crippen LogP contribution is 2.29. The fourth-order valence-corrected chi connectivity index (χ4v) is 2.84. The predicted octanol–water partition coefficient (Wildman–Crippen LogP) is 4.35. The number of nitrogens with one attached hydrogen (secondary N) is 1. The summed E-state index contributed by atoms with van der Waals surface area (Å²) < 4.78 is 16.6. The minimum absolute atomic E-state index is 0.0245. The largest absolute Gasteiger partial charge is 0.497 e. The van der Waals surface area contributed by atoms with Crippen LogP contribution in [0.3, 0.4) is 0 Å². The lowest BCUT2D eigenvalue weighted by atomic mass is 10.2. The maximum atomic E-state index is 12.2. The Morgan fingerprint density at radius 1 is 1.03 bits per heavy atom. The first-order chi connectivity index (χ1) is 16.0. The van der Waals surface area contributed by atoms with Crippen molar-refractivity contribution in [3.63, 3.8) is 0 Å². The van der Waals surface area contributed by atoms with Gasteiger partial charge in [-0.15, -0.1) is 0 Å². The van der Waals surface area contributed by atoms with E-state index in [1.165, 1.54) is 18.3 Å². The van der Waals surface area contributed by atoms with Crippen molar-refractivity contribution in [1.82, 2.24) is 5.43 Å². The molecule has 0 heterocycles. The molecule has 0 saturated carbocycles. The van der Waals surface area contributed by atoms with Crippen molar-refractivity contribution in [3.8, 4) is 17.2 Å². The number of amides is 1. The Bertz CT molecular complexity index is 1130. The second-order valence-electron chi connectivity index (χ2n) is 6.78. The van der Waals surface area contributed by atoms with Crippen LogP contribution in [0.1, 0.15) is 28.4 Å². The molecular formula is C24H23N3O6. The first-order valence-corrected chi connectivity index (χ1v) is 10.1. The molecule has 0 bridgehead atoms. The SMILES string of the molecule is CCOc1cc(/C=N\NC(=O)c2ccc(OC)cc2)ccc1OCc1ccc([N+](=O)[O-])cc1. The summed E-state index contributed by atoms with van der Waals surface area (Å²) in [5.74, 6) is 1.36. The molecule has 0 spiro atoms. The van der Waals surface area contributed by atoms with Crippen molar-refractivity contribution < 1.29 is 23.9 Å². The van der Waals surface area contributed by atoms with Gasteiger partial charge in [0.05, 0.1) is 24.9 Å². The number of nitro groups is 1. The Hall–Kier alpha value is -4.40. The fourth-order valence-electron chi connectivity index (χ4n) is 2.84. The zero-order valence-corrected chi connectivity index (χ0v) is 18.2. The van der Waals surface area contributed by atoms with Gasteiger partial charge in [-0.3, -0.25) is 14.9 Å². The molecule has 9 heteroatoms. The molecule has 0 aliphatic rings. The summed E-state index contributed by atoms with van der Waals surface area (Å²) in [5.41, 5.74) is 4.45. The standard InChI is InChI=1S/C24H23N3O6/c1-3-32-23-14-18(15-25-26-24(28)19-7-11-21(31-2)12-8-19)6-13-22(23)33-16-17-4-9-20(10-5-17)27(29)30/h4-15H,3,16H2,1-2H3,(H,26,28)/b25-15-. The van der Waals surface area contributed by atoms with E-state index in [0.29, 0.717) is 35.0 Å². The molecule has 9 nitrogen and oxygen atoms in total. The van der Waals surface area contributed by atoms with Crippen molar-refractivity contribution in [2.24, 2.45) is 5.10 Å². The third-order valence-corrected chi connectivity index (χ3v) is 4.54. The number of carbonyl (C=O) groups excluding carboxylic acids is 1. The molecule has 0 aliphatic carbocycles. The van der Waals surface area contributed by atoms with Crippen LogP contribution in [-0.2, 0) is 6.61 Å². The summed E-state index contributed by atoms with van der Waals surface area (Å²) in [6.07, 6.45) is 1.50. The second kappa shape index (κ2) is 11.3. The van der Waals surface area contributed by atoms with Crippen LogP contribution in [-0.4, -0.2) is 30.8 Å². The van der Waals surface area contributed by atoms with E-state index in [1.807, 2.05) is 6.92 Å². The molecule has 0 radical (unpaired) electrons. The van der Waals surface area contributed by atoms with Crippen LogP contribution < -0.4 is 19.6 Å². The lowest BCUT2D eigenvalue weighted by Gasteiger charge is -2.12. The molecule has 0 aromatic heterocycles. The van der Waals surface area contributed by atoms with Crippen LogP contribution in [0.4, 0.5) is 5.69 Å². The van der Waals surface area contributed by atoms with E-state index in [9.17, 15) is 14.9 Å². The van der Waals surface area contributed by atoms with Crippen LogP contribution >= 0.6 is 0 Å². The average Bonchev–Trinajstić information content (AvgIpc) is 2.84. The zero-order chi connectivity index (χ0) is 23.6. The van der Waals surface area contributed by atoms with Crippen molar-refractivity contribution in [2.75, 3.05) is 13.7 Å². The number of hydrazone groups is 1. The molecule has 3 aromatic carbocycles. The Labute approximate surface area is 190 Å². The molecule has 0 unspecified atom stereocenters. The number of methoxy groups -OCH3 is 1. The summed E-state index contributed by atoms with van der Waals surface area (Å²) in [6, 6.07) is 18.1. The highest BCUT2D eigenvalue weighted by molar-refractivity contribution is 5.95. The number of hydrogen-bond acceptors (Lipinski definition) is 7. The number of nitro benzene ring substituents is 1. The number of non-ortho nitro benzene ring substituents is 1. The normalized spacial score (nSPS) is 10.6. The van der Waals surface area contributed by atoms with Crippen LogP contribution in [0.25, 0.3) is 0 Å². The second-order valence-corrected chi connectivity index (χ2v) is 6.78. The predicted molar refractivity (Wildman–Crippen MR) is 123 cm³/mol. The molecule has 1 amide bonds. The maximum absolute atomic E-state index is 12.2. The van der Waals surface area contributed by atoms with Gasteiger partial charge in [0.15, 0.2) is 11.5 Å². The van der Waals surface area contributed by atoms with Crippen molar-refractivity contribution in [3.05, 3.63) is 93.5 Å². The van der Waals surface area contributed by atoms with Crippen molar-refractivity contribution in [1.29, 1.82) is 0 Å². The molecule has 3 rings (SSSR count). The Morgan fingerprint density at radius 2 is 1.76 bits per heavy atom. The summed E-state index contributed by atoms with van der Waals surface area (Å²) in [7, 11) is 1.56. The van der Waals surface area contributed by atoms with Crippen LogP contribution in [0, 0.1) is 10.1 Å². The minimum Gasteiger partial charge on any atom is -0.497 e. The Kier molecular flexibility index (Phi) is 7.96. The number of benzene rings is 3. The zero-order valence-electron chi connectivity index (χ0n) is 18.2. The van der Waals surface area contributed by atoms with Gasteiger partial charge in [-0.2, -0.15) is 5.10 Å². The summed E-state index contributed by atoms with van der Waals surface area (Å²) in [5, 5.41) is 14.8. The van der Waals surface area contributed by atoms with E-state index < -0.39 is 4.92 Å². The summed E-state index contributed by atoms with van der Waals surface area (Å²) in [6.45, 7) is 2.52. The van der Waals surface area contributed by atoms with Gasteiger partial charge in [0.2, 0.25) is 0 Å². The van der Waals surface area contributed by atoms with Gasteiger partial charge in [0, 0.05) is 17.7 Å². The highest BCUT2D eigenvalue weighted by Gasteiger charge is 2.09. The quantitative estimate of drug-likeness (QED) is 0.280. The Morgan fingerprint density at radius 3 is 2.39 bits per heavy atom. The van der Waals surface area contributed by atoms with Gasteiger partial charge in [0.25, 0.3) is 11.6 Å². The smallest absolute Gasteiger partial charge is 0.271 e. The Balaban J connectivity index is 1.63. The van der Waals surface area contributed by atoms with Crippen LogP contribution in [0.15, 0.2) is 71.8 Å². The van der Waals surface area contributed by atoms with Gasteiger partial charge >= 0.3 is 0 Å². The molecule has 0 fully saturated rings. The topological polar surface area (TPSA) is 112 Å². The number of ether oxygens (including phenoxy) is 3. The van der Waals surface area contributed by atoms with Gasteiger partial charge in [-0.05, 0) is 72.6 Å². The van der Waals surface area contributed by atoms with Crippen molar-refractivity contribution in [2.45, 2.75) is 13.5 Å². The molecule has 0 aliphatic heterocycles. The van der Waals surface area contributed by atoms with E-state index in [1.54, 1.807) is 61.7 Å². The summed E-state index contributed by atoms with van der Waals surface area (Å²) in [4.78, 5) is 22.5. The van der Waals surface area contributed by atoms with E-state index >= 15 is 0 Å². The fraction of sp³-hybridized carbons (Fsp3) is 0.167. The number of nitrogens with zero attached hydrogens (tertiary/aromatic N) is 2. The van der Waals surface area contributed by atoms with E-state index in [4.69, 9.17) is 14.2 Å². The molecule has 33 heavy (non-hydrogen) atoms. The number of rotatable bonds is 10.